The second kappa shape index (κ2) is 7.78. The van der Waals surface area contributed by atoms with Crippen LogP contribution in [0, 0.1) is 0 Å². The summed E-state index contributed by atoms with van der Waals surface area (Å²) in [5, 5.41) is 2.61. The molecule has 1 aromatic carbocycles. The number of alkyl halides is 2. The first-order valence-electron chi connectivity index (χ1n) is 5.06. The molecule has 4 amide bonds. The molecular weight excluding hydrogens is 352 g/mol. The minimum absolute atomic E-state index is 0.259. The number of nitrogens with zero attached hydrogens (tertiary/aromatic N) is 2. The Morgan fingerprint density at radius 2 is 1.85 bits per heavy atom. The molecule has 0 heterocycles. The topological polar surface area (TPSA) is 52.7 Å². The molecule has 0 saturated heterocycles. The molecule has 0 fully saturated rings. The van der Waals surface area contributed by atoms with Crippen LogP contribution >= 0.6 is 46.8 Å². The minimum Gasteiger partial charge on any atom is -0.307 e. The first-order valence-corrected chi connectivity index (χ1v) is 7.15. The van der Waals surface area contributed by atoms with Crippen molar-refractivity contribution < 1.29 is 14.1 Å². The van der Waals surface area contributed by atoms with E-state index >= 15 is 0 Å². The Morgan fingerprint density at radius 3 is 2.30 bits per heavy atom. The molecule has 0 aromatic heterocycles. The zero-order valence-electron chi connectivity index (χ0n) is 10.0. The summed E-state index contributed by atoms with van der Waals surface area (Å²) in [7, 11) is 0.850. The lowest BCUT2D eigenvalue weighted by Gasteiger charge is -2.21. The Bertz CT molecular complexity index is 487. The highest BCUT2D eigenvalue weighted by Gasteiger charge is 2.28. The summed E-state index contributed by atoms with van der Waals surface area (Å²) >= 11 is 17.1. The van der Waals surface area contributed by atoms with Gasteiger partial charge in [0.05, 0.1) is 0 Å². The molecule has 0 saturated carbocycles. The second-order valence-corrected chi connectivity index (χ2v) is 6.45. The van der Waals surface area contributed by atoms with E-state index in [4.69, 9.17) is 34.8 Å². The van der Waals surface area contributed by atoms with Crippen LogP contribution in [-0.2, 0) is 0 Å². The molecule has 0 atom stereocenters. The first-order chi connectivity index (χ1) is 9.31. The SMILES string of the molecule is CN(F)C(=O)N(SC(Cl)Cl)C(=O)Nc1ccc(Cl)cc1. The molecule has 0 aliphatic rings. The van der Waals surface area contributed by atoms with Crippen molar-refractivity contribution in [2.24, 2.45) is 0 Å². The molecule has 5 nitrogen and oxygen atoms in total. The van der Waals surface area contributed by atoms with E-state index in [1.807, 2.05) is 0 Å². The number of anilines is 1. The summed E-state index contributed by atoms with van der Waals surface area (Å²) < 4.78 is 12.2. The average molecular weight is 361 g/mol. The van der Waals surface area contributed by atoms with Gasteiger partial charge < -0.3 is 5.32 Å². The highest BCUT2D eigenvalue weighted by atomic mass is 35.5. The van der Waals surface area contributed by atoms with Gasteiger partial charge in [-0.2, -0.15) is 9.43 Å². The largest absolute Gasteiger partial charge is 0.366 e. The molecule has 1 rings (SSSR count). The van der Waals surface area contributed by atoms with Crippen LogP contribution < -0.4 is 5.32 Å². The number of benzene rings is 1. The van der Waals surface area contributed by atoms with Crippen molar-refractivity contribution in [3.63, 3.8) is 0 Å². The Kier molecular flexibility index (Phi) is 6.67. The maximum absolute atomic E-state index is 12.9. The normalized spacial score (nSPS) is 10.3. The monoisotopic (exact) mass is 359 g/mol. The quantitative estimate of drug-likeness (QED) is 0.490. The number of amides is 4. The van der Waals surface area contributed by atoms with E-state index in [0.717, 1.165) is 7.05 Å². The fourth-order valence-electron chi connectivity index (χ4n) is 1.09. The van der Waals surface area contributed by atoms with E-state index in [9.17, 15) is 14.1 Å². The first kappa shape index (κ1) is 17.2. The second-order valence-electron chi connectivity index (χ2n) is 3.36. The summed E-state index contributed by atoms with van der Waals surface area (Å²) in [6.07, 6.45) is 0. The standard InChI is InChI=1S/C10H9Cl3FN3O2S/c1-16(14)10(19)17(20-8(12)13)9(18)15-7-4-2-6(11)3-5-7/h2-5,8H,1H3,(H,15,18). The fraction of sp³-hybridized carbons (Fsp3) is 0.200. The van der Waals surface area contributed by atoms with Crippen molar-refractivity contribution in [3.05, 3.63) is 29.3 Å². The number of nitrogens with one attached hydrogen (secondary N) is 1. The maximum atomic E-state index is 12.9. The predicted molar refractivity (Wildman–Crippen MR) is 79.7 cm³/mol. The van der Waals surface area contributed by atoms with Crippen LogP contribution in [0.15, 0.2) is 24.3 Å². The third kappa shape index (κ3) is 5.24. The third-order valence-electron chi connectivity index (χ3n) is 1.90. The van der Waals surface area contributed by atoms with Gasteiger partial charge in [0.2, 0.25) is 0 Å². The number of rotatable bonds is 3. The molecule has 110 valence electrons. The number of urea groups is 2. The number of carbonyl (C=O) groups excluding carboxylic acids is 2. The summed E-state index contributed by atoms with van der Waals surface area (Å²) in [6, 6.07) is 4.02. The number of halogens is 4. The van der Waals surface area contributed by atoms with Gasteiger partial charge in [0.25, 0.3) is 0 Å². The Balaban J connectivity index is 2.82. The van der Waals surface area contributed by atoms with Gasteiger partial charge in [-0.15, -0.1) is 0 Å². The van der Waals surface area contributed by atoms with Gasteiger partial charge in [0.15, 0.2) is 4.17 Å². The van der Waals surface area contributed by atoms with Crippen molar-refractivity contribution in [2.45, 2.75) is 4.17 Å². The molecule has 1 aromatic rings. The number of hydrogen-bond donors (Lipinski definition) is 1. The third-order valence-corrected chi connectivity index (χ3v) is 3.32. The maximum Gasteiger partial charge on any atom is 0.366 e. The van der Waals surface area contributed by atoms with Crippen molar-refractivity contribution in [2.75, 3.05) is 12.4 Å². The van der Waals surface area contributed by atoms with Gasteiger partial charge >= 0.3 is 12.1 Å². The molecule has 1 N–H and O–H groups in total. The van der Waals surface area contributed by atoms with Crippen molar-refractivity contribution in [1.29, 1.82) is 0 Å². The molecule has 0 aliphatic carbocycles. The lowest BCUT2D eigenvalue weighted by molar-refractivity contribution is 0.0855. The Hall–Kier alpha value is -0.890. The summed E-state index contributed by atoms with van der Waals surface area (Å²) in [5.41, 5.74) is 0.375. The van der Waals surface area contributed by atoms with E-state index in [2.05, 4.69) is 5.32 Å². The molecule has 0 bridgehead atoms. The summed E-state index contributed by atoms with van der Waals surface area (Å²) in [4.78, 5) is 23.4. The van der Waals surface area contributed by atoms with E-state index in [-0.39, 0.29) is 5.12 Å². The van der Waals surface area contributed by atoms with E-state index < -0.39 is 16.2 Å². The Labute approximate surface area is 134 Å². The highest BCUT2D eigenvalue weighted by molar-refractivity contribution is 8.01. The molecule has 0 spiro atoms. The molecular formula is C10H9Cl3FN3O2S. The minimum atomic E-state index is -1.22. The van der Waals surface area contributed by atoms with E-state index in [1.165, 1.54) is 12.1 Å². The summed E-state index contributed by atoms with van der Waals surface area (Å²) in [6.45, 7) is 0. The van der Waals surface area contributed by atoms with Crippen LogP contribution in [0.3, 0.4) is 0 Å². The molecule has 0 aliphatic heterocycles. The predicted octanol–water partition coefficient (Wildman–Crippen LogP) is 4.52. The molecule has 0 radical (unpaired) electrons. The van der Waals surface area contributed by atoms with Gasteiger partial charge in [-0.1, -0.05) is 39.3 Å². The van der Waals surface area contributed by atoms with Crippen molar-refractivity contribution in [3.8, 4) is 0 Å². The average Bonchev–Trinajstić information content (AvgIpc) is 2.37. The van der Waals surface area contributed by atoms with Gasteiger partial charge in [0.1, 0.15) is 0 Å². The zero-order chi connectivity index (χ0) is 15.3. The van der Waals surface area contributed by atoms with E-state index in [1.54, 1.807) is 12.1 Å². The van der Waals surface area contributed by atoms with E-state index in [0.29, 0.717) is 27.0 Å². The van der Waals surface area contributed by atoms with Gasteiger partial charge in [0, 0.05) is 29.7 Å². The van der Waals surface area contributed by atoms with Crippen molar-refractivity contribution in [1.82, 2.24) is 9.43 Å². The lowest BCUT2D eigenvalue weighted by Crippen LogP contribution is -2.40. The van der Waals surface area contributed by atoms with Gasteiger partial charge in [-0.05, 0) is 24.3 Å². The van der Waals surface area contributed by atoms with Gasteiger partial charge in [-0.25, -0.2) is 9.59 Å². The molecule has 20 heavy (non-hydrogen) atoms. The molecule has 10 heteroatoms. The van der Waals surface area contributed by atoms with Crippen LogP contribution in [-0.4, -0.2) is 32.7 Å². The van der Waals surface area contributed by atoms with Crippen LogP contribution in [0.2, 0.25) is 5.02 Å². The lowest BCUT2D eigenvalue weighted by atomic mass is 10.3. The van der Waals surface area contributed by atoms with Crippen LogP contribution in [0.4, 0.5) is 19.8 Å². The van der Waals surface area contributed by atoms with Crippen LogP contribution in [0.25, 0.3) is 0 Å². The molecule has 0 unspecified atom stereocenters. The Morgan fingerprint density at radius 1 is 1.30 bits per heavy atom. The number of imide groups is 1. The van der Waals surface area contributed by atoms with Crippen LogP contribution in [0.1, 0.15) is 0 Å². The van der Waals surface area contributed by atoms with Gasteiger partial charge in [-0.3, -0.25) is 0 Å². The van der Waals surface area contributed by atoms with Crippen molar-refractivity contribution >= 4 is 64.5 Å². The smallest absolute Gasteiger partial charge is 0.307 e. The highest BCUT2D eigenvalue weighted by Crippen LogP contribution is 2.26. The summed E-state index contributed by atoms with van der Waals surface area (Å²) in [5.74, 6) is 0. The van der Waals surface area contributed by atoms with Crippen LogP contribution in [0.5, 0.6) is 0 Å². The number of hydrogen-bond acceptors (Lipinski definition) is 3. The number of carbonyl (C=O) groups is 2. The zero-order valence-corrected chi connectivity index (χ0v) is 13.1. The fourth-order valence-corrected chi connectivity index (χ4v) is 2.20.